The first-order chi connectivity index (χ1) is 16.9. The molecule has 0 saturated carbocycles. The zero-order valence-electron chi connectivity index (χ0n) is 19.1. The maximum absolute atomic E-state index is 12.7. The first-order valence-corrected chi connectivity index (χ1v) is 11.9. The van der Waals surface area contributed by atoms with Crippen molar-refractivity contribution >= 4 is 29.1 Å². The van der Waals surface area contributed by atoms with Crippen molar-refractivity contribution in [3.63, 3.8) is 0 Å². The molecule has 9 heteroatoms. The lowest BCUT2D eigenvalue weighted by Gasteiger charge is -2.28. The zero-order chi connectivity index (χ0) is 24.5. The van der Waals surface area contributed by atoms with Crippen LogP contribution in [0.3, 0.4) is 0 Å². The number of fused-ring (bicyclic) bond motifs is 2. The lowest BCUT2D eigenvalue weighted by atomic mass is 10.0. The summed E-state index contributed by atoms with van der Waals surface area (Å²) in [6, 6.07) is 10.1. The third kappa shape index (κ3) is 4.72. The van der Waals surface area contributed by atoms with Crippen LogP contribution in [0.5, 0.6) is 11.6 Å². The Morgan fingerprint density at radius 3 is 2.63 bits per heavy atom. The molecule has 5 rings (SSSR count). The lowest BCUT2D eigenvalue weighted by Crippen LogP contribution is -2.40. The molecule has 0 bridgehead atoms. The predicted molar refractivity (Wildman–Crippen MR) is 131 cm³/mol. The molecule has 0 spiro atoms. The van der Waals surface area contributed by atoms with Gasteiger partial charge >= 0.3 is 6.61 Å². The Morgan fingerprint density at radius 2 is 1.89 bits per heavy atom. The van der Waals surface area contributed by atoms with Crippen LogP contribution in [0.1, 0.15) is 36.4 Å². The van der Waals surface area contributed by atoms with Crippen LogP contribution in [0.2, 0.25) is 0 Å². The van der Waals surface area contributed by atoms with Gasteiger partial charge in [-0.15, -0.1) is 11.3 Å². The number of hydrogen-bond donors (Lipinski definition) is 0. The summed E-state index contributed by atoms with van der Waals surface area (Å²) in [6.07, 6.45) is 6.69. The van der Waals surface area contributed by atoms with E-state index in [9.17, 15) is 8.78 Å². The van der Waals surface area contributed by atoms with E-state index in [2.05, 4.69) is 22.4 Å². The minimum atomic E-state index is -2.89. The third-order valence-electron chi connectivity index (χ3n) is 5.36. The second-order valence-corrected chi connectivity index (χ2v) is 9.05. The number of pyridine rings is 1. The minimum Gasteiger partial charge on any atom is -0.475 e. The standard InChI is InChI=1S/C26H22F2N4O2S/c1-15(2)33-23-12-11-21-25(30-23)24(17-7-9-19(10-8-17)34-26(27)28)16(3)32(31-21)18-5-4-6-20-22(13-18)35-14-29-20/h4,6-15,26H,3,5H2,1-2H3. The molecule has 0 fully saturated rings. The van der Waals surface area contributed by atoms with E-state index in [4.69, 9.17) is 14.8 Å². The number of nitrogens with zero attached hydrogens (tertiary/aromatic N) is 4. The molecule has 0 unspecified atom stereocenters. The van der Waals surface area contributed by atoms with Crippen molar-refractivity contribution in [2.45, 2.75) is 33.0 Å². The Balaban J connectivity index is 1.65. The highest BCUT2D eigenvalue weighted by molar-refractivity contribution is 7.10. The molecule has 1 aliphatic heterocycles. The quantitative estimate of drug-likeness (QED) is 0.488. The van der Waals surface area contributed by atoms with Crippen molar-refractivity contribution < 1.29 is 18.3 Å². The van der Waals surface area contributed by atoms with Gasteiger partial charge in [0.05, 0.1) is 27.9 Å². The highest BCUT2D eigenvalue weighted by Crippen LogP contribution is 2.33. The van der Waals surface area contributed by atoms with Gasteiger partial charge in [0.15, 0.2) is 0 Å². The van der Waals surface area contributed by atoms with Gasteiger partial charge in [-0.25, -0.2) is 15.0 Å². The normalized spacial score (nSPS) is 14.9. The molecule has 0 N–H and O–H groups in total. The van der Waals surface area contributed by atoms with Crippen LogP contribution >= 0.6 is 11.3 Å². The van der Waals surface area contributed by atoms with Gasteiger partial charge in [-0.1, -0.05) is 24.8 Å². The Bertz CT molecular complexity index is 1460. The molecule has 35 heavy (non-hydrogen) atoms. The van der Waals surface area contributed by atoms with E-state index in [0.29, 0.717) is 28.7 Å². The van der Waals surface area contributed by atoms with Gasteiger partial charge in [0.2, 0.25) is 5.88 Å². The highest BCUT2D eigenvalue weighted by atomic mass is 32.1. The number of benzene rings is 1. The average Bonchev–Trinajstić information content (AvgIpc) is 3.15. The first kappa shape index (κ1) is 22.9. The van der Waals surface area contributed by atoms with E-state index in [1.54, 1.807) is 29.5 Å². The molecule has 3 heterocycles. The molecule has 0 radical (unpaired) electrons. The maximum Gasteiger partial charge on any atom is 0.387 e. The number of ether oxygens (including phenoxy) is 2. The number of aromatic nitrogens is 2. The van der Waals surface area contributed by atoms with Gasteiger partial charge in [-0.2, -0.15) is 13.9 Å². The topological polar surface area (TPSA) is 59.8 Å². The summed E-state index contributed by atoms with van der Waals surface area (Å²) in [5.74, 6) is 0.544. The molecule has 178 valence electrons. The van der Waals surface area contributed by atoms with E-state index in [0.717, 1.165) is 27.4 Å². The SMILES string of the molecule is C=C1C(c2ccc(OC(F)F)cc2)=c2nc(OC(C)C)ccc2=NN1C1=Cc2scnc2C=CC1. The predicted octanol–water partition coefficient (Wildman–Crippen LogP) is 4.95. The van der Waals surface area contributed by atoms with Gasteiger partial charge in [0.25, 0.3) is 0 Å². The molecule has 2 aromatic heterocycles. The molecule has 3 aromatic rings. The molecule has 0 amide bonds. The van der Waals surface area contributed by atoms with Gasteiger partial charge in [-0.3, -0.25) is 0 Å². The van der Waals surface area contributed by atoms with Crippen molar-refractivity contribution in [1.82, 2.24) is 15.0 Å². The fourth-order valence-electron chi connectivity index (χ4n) is 3.91. The largest absolute Gasteiger partial charge is 0.475 e. The van der Waals surface area contributed by atoms with Gasteiger partial charge < -0.3 is 9.47 Å². The van der Waals surface area contributed by atoms with Crippen molar-refractivity contribution in [3.05, 3.63) is 92.8 Å². The fourth-order valence-corrected chi connectivity index (χ4v) is 4.63. The van der Waals surface area contributed by atoms with Crippen LogP contribution in [0.4, 0.5) is 8.78 Å². The number of allylic oxidation sites excluding steroid dienone is 2. The van der Waals surface area contributed by atoms with Crippen molar-refractivity contribution in [2.75, 3.05) is 0 Å². The smallest absolute Gasteiger partial charge is 0.387 e. The van der Waals surface area contributed by atoms with Gasteiger partial charge in [0, 0.05) is 23.8 Å². The fraction of sp³-hybridized carbons (Fsp3) is 0.192. The van der Waals surface area contributed by atoms with E-state index in [1.807, 2.05) is 42.6 Å². The van der Waals surface area contributed by atoms with Crippen molar-refractivity contribution in [3.8, 4) is 11.6 Å². The summed E-state index contributed by atoms with van der Waals surface area (Å²) in [5.41, 5.74) is 5.75. The summed E-state index contributed by atoms with van der Waals surface area (Å²) in [7, 11) is 0. The van der Waals surface area contributed by atoms with Crippen molar-refractivity contribution in [2.24, 2.45) is 5.10 Å². The first-order valence-electron chi connectivity index (χ1n) is 11.0. The summed E-state index contributed by atoms with van der Waals surface area (Å²) in [4.78, 5) is 10.2. The third-order valence-corrected chi connectivity index (χ3v) is 6.15. The van der Waals surface area contributed by atoms with Crippen LogP contribution in [0.25, 0.3) is 17.7 Å². The monoisotopic (exact) mass is 492 g/mol. The molecule has 1 aliphatic carbocycles. The Morgan fingerprint density at radius 1 is 1.09 bits per heavy atom. The molecular formula is C26H22F2N4O2S. The van der Waals surface area contributed by atoms with E-state index in [-0.39, 0.29) is 11.9 Å². The van der Waals surface area contributed by atoms with Crippen LogP contribution < -0.4 is 20.2 Å². The van der Waals surface area contributed by atoms with Gasteiger partial charge in [-0.05, 0) is 49.8 Å². The second kappa shape index (κ2) is 9.42. The molecule has 6 nitrogen and oxygen atoms in total. The number of alkyl halides is 2. The number of rotatable bonds is 6. The molecule has 1 aromatic carbocycles. The van der Waals surface area contributed by atoms with E-state index >= 15 is 0 Å². The second-order valence-electron chi connectivity index (χ2n) is 8.16. The highest BCUT2D eigenvalue weighted by Gasteiger charge is 2.24. The van der Waals surface area contributed by atoms with Crippen LogP contribution in [0, 0.1) is 0 Å². The van der Waals surface area contributed by atoms with Crippen molar-refractivity contribution in [1.29, 1.82) is 0 Å². The molecule has 0 atom stereocenters. The molecule has 2 aliphatic rings. The Kier molecular flexibility index (Phi) is 6.17. The summed E-state index contributed by atoms with van der Waals surface area (Å²) in [5, 5.41) is 7.92. The zero-order valence-corrected chi connectivity index (χ0v) is 19.9. The molecule has 0 saturated heterocycles. The summed E-state index contributed by atoms with van der Waals surface area (Å²) in [6.45, 7) is 5.32. The average molecular weight is 493 g/mol. The minimum absolute atomic E-state index is 0.0495. The maximum atomic E-state index is 12.7. The van der Waals surface area contributed by atoms with E-state index < -0.39 is 6.61 Å². The van der Waals surface area contributed by atoms with Crippen LogP contribution in [0.15, 0.2) is 71.1 Å². The Hall–Kier alpha value is -3.85. The number of thiazole rings is 1. The number of hydrogen-bond acceptors (Lipinski definition) is 7. The summed E-state index contributed by atoms with van der Waals surface area (Å²) < 4.78 is 35.6. The van der Waals surface area contributed by atoms with E-state index in [1.165, 1.54) is 12.1 Å². The lowest BCUT2D eigenvalue weighted by molar-refractivity contribution is -0.0498. The number of halogens is 2. The van der Waals surface area contributed by atoms with Crippen LogP contribution in [-0.4, -0.2) is 27.7 Å². The van der Waals surface area contributed by atoms with Crippen LogP contribution in [-0.2, 0) is 0 Å². The molecular weight excluding hydrogens is 470 g/mol. The summed E-state index contributed by atoms with van der Waals surface area (Å²) >= 11 is 1.56. The Labute approximate surface area is 204 Å². The van der Waals surface area contributed by atoms with Gasteiger partial charge in [0.1, 0.15) is 16.5 Å².